The van der Waals surface area contributed by atoms with Gasteiger partial charge < -0.3 is 19.7 Å². The number of carboxylic acids is 1. The molecular weight excluding hydrogens is 485 g/mol. The van der Waals surface area contributed by atoms with Gasteiger partial charge in [0, 0.05) is 8.99 Å². The van der Waals surface area contributed by atoms with Gasteiger partial charge in [0.15, 0.2) is 6.10 Å². The molecule has 1 unspecified atom stereocenters. The minimum absolute atomic E-state index is 0.260. The molecule has 0 amide bonds. The number of phenols is 1. The number of aromatic hydroxyl groups is 1. The molecule has 5 nitrogen and oxygen atoms in total. The van der Waals surface area contributed by atoms with E-state index in [2.05, 4.69) is 0 Å². The van der Waals surface area contributed by atoms with Crippen molar-refractivity contribution in [3.63, 3.8) is 0 Å². The smallest absolute Gasteiger partial charge is 0.342 e. The maximum atomic E-state index is 14.8. The van der Waals surface area contributed by atoms with Crippen LogP contribution in [-0.4, -0.2) is 29.1 Å². The number of rotatable bonds is 5. The van der Waals surface area contributed by atoms with Gasteiger partial charge in [-0.1, -0.05) is 0 Å². The first-order chi connectivity index (χ1) is 13.1. The number of carboxylic acid groups (broad SMARTS) is 1. The summed E-state index contributed by atoms with van der Waals surface area (Å²) in [6.07, 6.45) is 2.08. The minimum Gasteiger partial charge on any atom is -0.544 e. The molecule has 4 saturated carbocycles. The van der Waals surface area contributed by atoms with E-state index in [0.29, 0.717) is 22.8 Å². The second kappa shape index (κ2) is 6.81. The van der Waals surface area contributed by atoms with Crippen molar-refractivity contribution in [3.05, 3.63) is 27.3 Å². The van der Waals surface area contributed by atoms with Gasteiger partial charge >= 0.3 is 11.9 Å². The summed E-state index contributed by atoms with van der Waals surface area (Å²) < 4.78 is 35.4. The van der Waals surface area contributed by atoms with Crippen molar-refractivity contribution in [2.45, 2.75) is 50.6 Å². The SMILES string of the molecule is O=C(OC(C12CC3CC(CC(C3)C1)C2)C(F)(F)C(=O)[O-])c1ccc(I)cc1O. The van der Waals surface area contributed by atoms with Crippen LogP contribution in [0, 0.1) is 26.7 Å². The standard InChI is InChI=1S/C20H21F2IO5/c21-20(22,18(26)27)17(28-16(25)14-2-1-13(23)6-15(14)24)19-7-10-3-11(8-19)5-12(4-10)9-19/h1-2,6,10-12,17,24H,3-5,7-9H2,(H,26,27)/p-1. The zero-order chi connectivity index (χ0) is 20.3. The third-order valence-electron chi connectivity index (χ3n) is 6.65. The Bertz CT molecular complexity index is 790. The highest BCUT2D eigenvalue weighted by molar-refractivity contribution is 14.1. The first-order valence-electron chi connectivity index (χ1n) is 9.39. The average molecular weight is 505 g/mol. The number of carbonyl (C=O) groups excluding carboxylic acids is 2. The number of benzene rings is 1. The number of halogens is 3. The Kier molecular flexibility index (Phi) is 4.83. The Balaban J connectivity index is 1.69. The highest BCUT2D eigenvalue weighted by Crippen LogP contribution is 2.63. The first-order valence-corrected chi connectivity index (χ1v) is 10.5. The fourth-order valence-corrected chi connectivity index (χ4v) is 6.51. The lowest BCUT2D eigenvalue weighted by Crippen LogP contribution is -2.62. The molecule has 4 aliphatic rings. The number of esters is 1. The van der Waals surface area contributed by atoms with Crippen molar-refractivity contribution in [1.29, 1.82) is 0 Å². The number of aliphatic carboxylic acids is 1. The van der Waals surface area contributed by atoms with Gasteiger partial charge in [0.05, 0.1) is 0 Å². The van der Waals surface area contributed by atoms with Gasteiger partial charge in [0.1, 0.15) is 17.3 Å². The van der Waals surface area contributed by atoms with Crippen LogP contribution in [0.5, 0.6) is 5.75 Å². The lowest BCUT2D eigenvalue weighted by atomic mass is 9.47. The molecule has 152 valence electrons. The lowest BCUT2D eigenvalue weighted by Gasteiger charge is -2.59. The number of carbonyl (C=O) groups is 2. The molecule has 8 heteroatoms. The molecular formula is C20H20F2IO5-. The van der Waals surface area contributed by atoms with Crippen LogP contribution < -0.4 is 5.11 Å². The van der Waals surface area contributed by atoms with Gasteiger partial charge in [-0.2, -0.15) is 8.78 Å². The highest BCUT2D eigenvalue weighted by Gasteiger charge is 2.62. The summed E-state index contributed by atoms with van der Waals surface area (Å²) in [5.41, 5.74) is -1.32. The zero-order valence-corrected chi connectivity index (χ0v) is 17.2. The number of phenolic OH excluding ortho intramolecular Hbond substituents is 1. The Morgan fingerprint density at radius 3 is 2.18 bits per heavy atom. The molecule has 0 saturated heterocycles. The predicted octanol–water partition coefficient (Wildman–Crippen LogP) is 3.12. The van der Waals surface area contributed by atoms with Gasteiger partial charge in [0.25, 0.3) is 0 Å². The van der Waals surface area contributed by atoms with Gasteiger partial charge in [-0.05, 0) is 97.1 Å². The van der Waals surface area contributed by atoms with E-state index in [1.807, 2.05) is 22.6 Å². The molecule has 0 spiro atoms. The topological polar surface area (TPSA) is 86.7 Å². The number of alkyl halides is 2. The third kappa shape index (κ3) is 3.27. The molecule has 0 aromatic heterocycles. The zero-order valence-electron chi connectivity index (χ0n) is 15.0. The fourth-order valence-electron chi connectivity index (χ4n) is 6.04. The Morgan fingerprint density at radius 1 is 1.18 bits per heavy atom. The van der Waals surface area contributed by atoms with Crippen LogP contribution in [0.1, 0.15) is 48.9 Å². The summed E-state index contributed by atoms with van der Waals surface area (Å²) in [4.78, 5) is 23.9. The normalized spacial score (nSPS) is 32.2. The van der Waals surface area contributed by atoms with Gasteiger partial charge in [-0.15, -0.1) is 0 Å². The van der Waals surface area contributed by atoms with Crippen molar-refractivity contribution >= 4 is 34.5 Å². The quantitative estimate of drug-likeness (QED) is 0.491. The first kappa shape index (κ1) is 19.8. The maximum absolute atomic E-state index is 14.8. The summed E-state index contributed by atoms with van der Waals surface area (Å²) >= 11 is 1.93. The largest absolute Gasteiger partial charge is 0.544 e. The number of hydrogen-bond acceptors (Lipinski definition) is 5. The van der Waals surface area contributed by atoms with Crippen LogP contribution in [-0.2, 0) is 9.53 Å². The van der Waals surface area contributed by atoms with Crippen LogP contribution >= 0.6 is 22.6 Å². The molecule has 1 aromatic rings. The Morgan fingerprint density at radius 2 is 1.71 bits per heavy atom. The Hall–Kier alpha value is -1.45. The van der Waals surface area contributed by atoms with E-state index in [1.165, 1.54) is 18.2 Å². The molecule has 0 heterocycles. The van der Waals surface area contributed by atoms with Crippen LogP contribution in [0.2, 0.25) is 0 Å². The summed E-state index contributed by atoms with van der Waals surface area (Å²) in [6, 6.07) is 4.13. The molecule has 4 aliphatic carbocycles. The lowest BCUT2D eigenvalue weighted by molar-refractivity contribution is -0.342. The summed E-state index contributed by atoms with van der Waals surface area (Å²) in [6.45, 7) is 0. The fraction of sp³-hybridized carbons (Fsp3) is 0.600. The van der Waals surface area contributed by atoms with Crippen LogP contribution in [0.4, 0.5) is 8.78 Å². The maximum Gasteiger partial charge on any atom is 0.342 e. The van der Waals surface area contributed by atoms with Crippen molar-refractivity contribution in [1.82, 2.24) is 0 Å². The van der Waals surface area contributed by atoms with Crippen molar-refractivity contribution in [3.8, 4) is 5.75 Å². The summed E-state index contributed by atoms with van der Waals surface area (Å²) in [5.74, 6) is -7.59. The Labute approximate surface area is 174 Å². The van der Waals surface area contributed by atoms with E-state index in [0.717, 1.165) is 19.3 Å². The van der Waals surface area contributed by atoms with Gasteiger partial charge in [-0.3, -0.25) is 0 Å². The molecule has 1 atom stereocenters. The average Bonchev–Trinajstić information content (AvgIpc) is 2.57. The summed E-state index contributed by atoms with van der Waals surface area (Å²) in [5, 5.41) is 21.3. The van der Waals surface area contributed by atoms with Crippen LogP contribution in [0.3, 0.4) is 0 Å². The third-order valence-corrected chi connectivity index (χ3v) is 7.32. The van der Waals surface area contributed by atoms with Gasteiger partial charge in [0.2, 0.25) is 0 Å². The van der Waals surface area contributed by atoms with Crippen LogP contribution in [0.15, 0.2) is 18.2 Å². The molecule has 28 heavy (non-hydrogen) atoms. The van der Waals surface area contributed by atoms with E-state index < -0.39 is 35.1 Å². The van der Waals surface area contributed by atoms with E-state index in [9.17, 15) is 28.6 Å². The van der Waals surface area contributed by atoms with Crippen LogP contribution in [0.25, 0.3) is 0 Å². The predicted molar refractivity (Wildman–Crippen MR) is 101 cm³/mol. The second-order valence-corrected chi connectivity index (χ2v) is 9.88. The van der Waals surface area contributed by atoms with Crippen molar-refractivity contribution in [2.24, 2.45) is 23.2 Å². The molecule has 4 bridgehead atoms. The highest BCUT2D eigenvalue weighted by atomic mass is 127. The van der Waals surface area contributed by atoms with Crippen molar-refractivity contribution in [2.75, 3.05) is 0 Å². The van der Waals surface area contributed by atoms with E-state index in [1.54, 1.807) is 0 Å². The van der Waals surface area contributed by atoms with E-state index in [4.69, 9.17) is 4.74 Å². The van der Waals surface area contributed by atoms with E-state index in [-0.39, 0.29) is 23.3 Å². The monoisotopic (exact) mass is 505 g/mol. The van der Waals surface area contributed by atoms with Crippen molar-refractivity contribution < 1.29 is 33.3 Å². The molecule has 0 radical (unpaired) electrons. The molecule has 1 N–H and O–H groups in total. The molecule has 1 aromatic carbocycles. The minimum atomic E-state index is -4.31. The number of hydrogen-bond donors (Lipinski definition) is 1. The number of ether oxygens (including phenoxy) is 1. The van der Waals surface area contributed by atoms with Gasteiger partial charge in [-0.25, -0.2) is 4.79 Å². The molecule has 5 rings (SSSR count). The van der Waals surface area contributed by atoms with E-state index >= 15 is 0 Å². The molecule has 0 aliphatic heterocycles. The summed E-state index contributed by atoms with van der Waals surface area (Å²) in [7, 11) is 0. The molecule has 4 fully saturated rings. The second-order valence-electron chi connectivity index (χ2n) is 8.64.